The number of hydrogen-bond acceptors (Lipinski definition) is 3. The van der Waals surface area contributed by atoms with Crippen molar-refractivity contribution in [3.8, 4) is 10.6 Å². The topological polar surface area (TPSA) is 25.8 Å². The molecule has 0 bridgehead atoms. The first-order valence-corrected chi connectivity index (χ1v) is 5.57. The first-order valence-electron chi connectivity index (χ1n) is 4.69. The molecule has 74 valence electrons. The second kappa shape index (κ2) is 5.50. The average molecular weight is 206 g/mol. The van der Waals surface area contributed by atoms with Gasteiger partial charge in [-0.15, -0.1) is 10.2 Å². The molecular weight excluding hydrogens is 192 g/mol. The van der Waals surface area contributed by atoms with E-state index in [4.69, 9.17) is 0 Å². The van der Waals surface area contributed by atoms with Gasteiger partial charge in [-0.05, 0) is 13.0 Å². The van der Waals surface area contributed by atoms with Crippen LogP contribution in [0.2, 0.25) is 0 Å². The third-order valence-electron chi connectivity index (χ3n) is 1.63. The lowest BCUT2D eigenvalue weighted by atomic mass is 10.1. The zero-order valence-electron chi connectivity index (χ0n) is 8.69. The summed E-state index contributed by atoms with van der Waals surface area (Å²) in [6, 6.07) is 8.27. The summed E-state index contributed by atoms with van der Waals surface area (Å²) in [4.78, 5) is 0. The summed E-state index contributed by atoms with van der Waals surface area (Å²) in [5.41, 5.74) is 4.15. The Morgan fingerprint density at radius 1 is 1.21 bits per heavy atom. The van der Waals surface area contributed by atoms with Crippen LogP contribution in [0.3, 0.4) is 0 Å². The van der Waals surface area contributed by atoms with Crippen molar-refractivity contribution in [1.29, 1.82) is 0 Å². The summed E-state index contributed by atoms with van der Waals surface area (Å²) in [5, 5.41) is 8.78. The van der Waals surface area contributed by atoms with Gasteiger partial charge in [0.15, 0.2) is 0 Å². The van der Waals surface area contributed by atoms with E-state index in [9.17, 15) is 0 Å². The van der Waals surface area contributed by atoms with Crippen molar-refractivity contribution in [3.05, 3.63) is 35.3 Å². The smallest absolute Gasteiger partial charge is 0.147 e. The number of benzene rings is 1. The third-order valence-corrected chi connectivity index (χ3v) is 2.37. The van der Waals surface area contributed by atoms with Gasteiger partial charge in [0.2, 0.25) is 0 Å². The number of aryl methyl sites for hydroxylation is 1. The van der Waals surface area contributed by atoms with Gasteiger partial charge in [0.1, 0.15) is 10.5 Å². The molecule has 2 nitrogen and oxygen atoms in total. The lowest BCUT2D eigenvalue weighted by molar-refractivity contribution is 1.09. The first kappa shape index (κ1) is 10.9. The van der Waals surface area contributed by atoms with E-state index in [1.807, 2.05) is 26.0 Å². The highest BCUT2D eigenvalue weighted by atomic mass is 32.1. The molecule has 0 fully saturated rings. The Hall–Kier alpha value is -1.22. The molecule has 0 aliphatic carbocycles. The van der Waals surface area contributed by atoms with E-state index >= 15 is 0 Å². The second-order valence-electron chi connectivity index (χ2n) is 2.61. The predicted octanol–water partition coefficient (Wildman–Crippen LogP) is 3.54. The van der Waals surface area contributed by atoms with Crippen LogP contribution in [0, 0.1) is 6.92 Å². The molecule has 0 radical (unpaired) electrons. The first-order chi connectivity index (χ1) is 6.86. The molecule has 0 aliphatic rings. The molecule has 1 heterocycles. The van der Waals surface area contributed by atoms with E-state index in [0.717, 1.165) is 10.6 Å². The minimum absolute atomic E-state index is 0.985. The molecule has 0 spiro atoms. The lowest BCUT2D eigenvalue weighted by Crippen LogP contribution is -1.77. The molecule has 2 aromatic rings. The number of hydrogen-bond donors (Lipinski definition) is 0. The molecule has 0 N–H and O–H groups in total. The summed E-state index contributed by atoms with van der Waals surface area (Å²) >= 11 is 1.56. The molecule has 1 aromatic carbocycles. The van der Waals surface area contributed by atoms with Crippen molar-refractivity contribution >= 4 is 11.3 Å². The van der Waals surface area contributed by atoms with Crippen molar-refractivity contribution in [2.45, 2.75) is 20.8 Å². The van der Waals surface area contributed by atoms with Gasteiger partial charge in [0.25, 0.3) is 0 Å². The van der Waals surface area contributed by atoms with E-state index in [2.05, 4.69) is 29.3 Å². The van der Waals surface area contributed by atoms with Crippen LogP contribution < -0.4 is 0 Å². The van der Waals surface area contributed by atoms with Gasteiger partial charge in [-0.2, -0.15) is 0 Å². The maximum atomic E-state index is 4.00. The molecule has 0 saturated carbocycles. The SMILES string of the molecule is CC.Cc1cccc(-c2nncs2)c1. The van der Waals surface area contributed by atoms with E-state index in [1.165, 1.54) is 5.56 Å². The highest BCUT2D eigenvalue weighted by Crippen LogP contribution is 2.20. The summed E-state index contributed by atoms with van der Waals surface area (Å²) < 4.78 is 0. The fourth-order valence-electron chi connectivity index (χ4n) is 1.08. The van der Waals surface area contributed by atoms with Crippen molar-refractivity contribution in [2.24, 2.45) is 0 Å². The van der Waals surface area contributed by atoms with Gasteiger partial charge < -0.3 is 0 Å². The van der Waals surface area contributed by atoms with Crippen LogP contribution >= 0.6 is 11.3 Å². The summed E-state index contributed by atoms with van der Waals surface area (Å²) in [7, 11) is 0. The quantitative estimate of drug-likeness (QED) is 0.713. The fraction of sp³-hybridized carbons (Fsp3) is 0.273. The minimum Gasteiger partial charge on any atom is -0.147 e. The highest BCUT2D eigenvalue weighted by molar-refractivity contribution is 7.12. The zero-order valence-corrected chi connectivity index (χ0v) is 9.51. The van der Waals surface area contributed by atoms with Crippen LogP contribution in [0.5, 0.6) is 0 Å². The Labute approximate surface area is 88.6 Å². The van der Waals surface area contributed by atoms with Crippen LogP contribution in [0.25, 0.3) is 10.6 Å². The van der Waals surface area contributed by atoms with Crippen LogP contribution in [-0.2, 0) is 0 Å². The Kier molecular flexibility index (Phi) is 4.26. The lowest BCUT2D eigenvalue weighted by Gasteiger charge is -1.95. The predicted molar refractivity (Wildman–Crippen MR) is 61.4 cm³/mol. The minimum atomic E-state index is 0.985. The zero-order chi connectivity index (χ0) is 10.4. The van der Waals surface area contributed by atoms with E-state index in [-0.39, 0.29) is 0 Å². The Morgan fingerprint density at radius 3 is 2.57 bits per heavy atom. The number of nitrogens with zero attached hydrogens (tertiary/aromatic N) is 2. The second-order valence-corrected chi connectivity index (χ2v) is 3.45. The Balaban J connectivity index is 0.000000461. The maximum absolute atomic E-state index is 4.00. The molecule has 0 atom stereocenters. The normalized spacial score (nSPS) is 9.07. The van der Waals surface area contributed by atoms with E-state index < -0.39 is 0 Å². The van der Waals surface area contributed by atoms with Crippen LogP contribution in [0.1, 0.15) is 19.4 Å². The molecule has 0 aliphatic heterocycles. The van der Waals surface area contributed by atoms with Crippen LogP contribution in [0.15, 0.2) is 29.8 Å². The fourth-order valence-corrected chi connectivity index (χ4v) is 1.63. The van der Waals surface area contributed by atoms with Crippen molar-refractivity contribution in [2.75, 3.05) is 0 Å². The molecule has 1 aromatic heterocycles. The standard InChI is InChI=1S/C9H8N2S.C2H6/c1-7-3-2-4-8(5-7)9-11-10-6-12-9;1-2/h2-6H,1H3;1-2H3. The maximum Gasteiger partial charge on any atom is 0.147 e. The number of rotatable bonds is 1. The monoisotopic (exact) mass is 206 g/mol. The van der Waals surface area contributed by atoms with Gasteiger partial charge in [0, 0.05) is 5.56 Å². The van der Waals surface area contributed by atoms with Crippen molar-refractivity contribution < 1.29 is 0 Å². The molecule has 2 rings (SSSR count). The Bertz CT molecular complexity index is 369. The summed E-state index contributed by atoms with van der Waals surface area (Å²) in [6.45, 7) is 6.07. The van der Waals surface area contributed by atoms with Crippen molar-refractivity contribution in [1.82, 2.24) is 10.2 Å². The van der Waals surface area contributed by atoms with E-state index in [0.29, 0.717) is 0 Å². The van der Waals surface area contributed by atoms with Gasteiger partial charge in [-0.3, -0.25) is 0 Å². The summed E-state index contributed by atoms with van der Waals surface area (Å²) in [5.74, 6) is 0. The molecule has 0 saturated heterocycles. The van der Waals surface area contributed by atoms with Crippen LogP contribution in [0.4, 0.5) is 0 Å². The molecule has 14 heavy (non-hydrogen) atoms. The van der Waals surface area contributed by atoms with Gasteiger partial charge in [0.05, 0.1) is 0 Å². The highest BCUT2D eigenvalue weighted by Gasteiger charge is 1.99. The largest absolute Gasteiger partial charge is 0.147 e. The van der Waals surface area contributed by atoms with Crippen molar-refractivity contribution in [3.63, 3.8) is 0 Å². The molecule has 3 heteroatoms. The summed E-state index contributed by atoms with van der Waals surface area (Å²) in [6.07, 6.45) is 0. The third kappa shape index (κ3) is 2.64. The van der Waals surface area contributed by atoms with Gasteiger partial charge >= 0.3 is 0 Å². The van der Waals surface area contributed by atoms with Gasteiger partial charge in [-0.25, -0.2) is 0 Å². The molecule has 0 amide bonds. The molecule has 0 unspecified atom stereocenters. The average Bonchev–Trinajstić information content (AvgIpc) is 2.74. The van der Waals surface area contributed by atoms with Crippen LogP contribution in [-0.4, -0.2) is 10.2 Å². The Morgan fingerprint density at radius 2 is 2.00 bits per heavy atom. The number of aromatic nitrogens is 2. The van der Waals surface area contributed by atoms with E-state index in [1.54, 1.807) is 16.8 Å². The molecular formula is C11H14N2S. The van der Waals surface area contributed by atoms with Gasteiger partial charge in [-0.1, -0.05) is 48.9 Å².